The average molecular weight is 434 g/mol. The van der Waals surface area contributed by atoms with Crippen LogP contribution in [0.25, 0.3) is 16.9 Å². The van der Waals surface area contributed by atoms with Crippen LogP contribution < -0.4 is 10.6 Å². The van der Waals surface area contributed by atoms with E-state index in [-0.39, 0.29) is 11.5 Å². The molecular weight excluding hydrogens is 410 g/mol. The average Bonchev–Trinajstić information content (AvgIpc) is 3.47. The standard InChI is InChI=1S/C23H24ClN7/c1-15-16(3-2-4-17(15)24)21-27-13-19-22(26-9-12-30(19)21)29-10-6-23(7-11-29)14-31-18(20(23)25)5-8-28-31/h2-5,8-9,12-13,20H,6-7,10-11,14,25H2,1H3/t20-/m1/s1. The van der Waals surface area contributed by atoms with Gasteiger partial charge in [-0.2, -0.15) is 5.10 Å². The van der Waals surface area contributed by atoms with Gasteiger partial charge in [-0.15, -0.1) is 0 Å². The minimum absolute atomic E-state index is 0.0493. The largest absolute Gasteiger partial charge is 0.355 e. The van der Waals surface area contributed by atoms with Gasteiger partial charge in [0.1, 0.15) is 11.3 Å². The molecule has 1 fully saturated rings. The molecule has 31 heavy (non-hydrogen) atoms. The van der Waals surface area contributed by atoms with Crippen molar-refractivity contribution in [2.45, 2.75) is 32.4 Å². The van der Waals surface area contributed by atoms with E-state index in [1.807, 2.05) is 43.8 Å². The van der Waals surface area contributed by atoms with Crippen LogP contribution in [-0.4, -0.2) is 37.2 Å². The first-order chi connectivity index (χ1) is 15.1. The Balaban J connectivity index is 1.31. The predicted octanol–water partition coefficient (Wildman–Crippen LogP) is 3.85. The number of piperidine rings is 1. The molecule has 1 saturated heterocycles. The number of fused-ring (bicyclic) bond motifs is 2. The fourth-order valence-corrected chi connectivity index (χ4v) is 5.46. The fourth-order valence-electron chi connectivity index (χ4n) is 5.29. The van der Waals surface area contributed by atoms with Crippen LogP contribution in [0.2, 0.25) is 5.02 Å². The molecule has 0 unspecified atom stereocenters. The predicted molar refractivity (Wildman–Crippen MR) is 121 cm³/mol. The first-order valence-electron chi connectivity index (χ1n) is 10.7. The zero-order valence-electron chi connectivity index (χ0n) is 17.4. The molecule has 1 aromatic carbocycles. The molecule has 0 radical (unpaired) electrons. The van der Waals surface area contributed by atoms with E-state index in [1.54, 1.807) is 0 Å². The second-order valence-corrected chi connectivity index (χ2v) is 9.15. The molecular formula is C23H24ClN7. The smallest absolute Gasteiger partial charge is 0.154 e. The Morgan fingerprint density at radius 2 is 1.97 bits per heavy atom. The molecule has 2 N–H and O–H groups in total. The van der Waals surface area contributed by atoms with Gasteiger partial charge in [0.15, 0.2) is 5.82 Å². The molecule has 2 aliphatic rings. The maximum absolute atomic E-state index is 6.65. The van der Waals surface area contributed by atoms with Crippen LogP contribution in [0, 0.1) is 12.3 Å². The molecule has 1 spiro atoms. The lowest BCUT2D eigenvalue weighted by atomic mass is 9.73. The lowest BCUT2D eigenvalue weighted by molar-refractivity contribution is 0.170. The van der Waals surface area contributed by atoms with E-state index >= 15 is 0 Å². The van der Waals surface area contributed by atoms with E-state index in [2.05, 4.69) is 31.2 Å². The van der Waals surface area contributed by atoms with Crippen molar-refractivity contribution in [2.24, 2.45) is 11.1 Å². The maximum atomic E-state index is 6.65. The number of imidazole rings is 1. The van der Waals surface area contributed by atoms with Crippen LogP contribution in [0.4, 0.5) is 5.82 Å². The van der Waals surface area contributed by atoms with Crippen LogP contribution in [0.15, 0.2) is 49.1 Å². The van der Waals surface area contributed by atoms with Crippen LogP contribution in [0.5, 0.6) is 0 Å². The van der Waals surface area contributed by atoms with Gasteiger partial charge in [0.05, 0.1) is 17.9 Å². The Hall–Kier alpha value is -2.90. The third-order valence-electron chi connectivity index (χ3n) is 7.20. The molecule has 0 amide bonds. The first-order valence-corrected chi connectivity index (χ1v) is 11.0. The van der Waals surface area contributed by atoms with Crippen molar-refractivity contribution in [3.8, 4) is 11.4 Å². The molecule has 1 atom stereocenters. The van der Waals surface area contributed by atoms with E-state index in [4.69, 9.17) is 27.3 Å². The number of hydrogen-bond acceptors (Lipinski definition) is 5. The van der Waals surface area contributed by atoms with Crippen molar-refractivity contribution in [3.63, 3.8) is 0 Å². The monoisotopic (exact) mass is 433 g/mol. The SMILES string of the molecule is Cc1c(Cl)cccc1-c1ncc2c(N3CCC4(CC3)Cn3nccc3[C@H]4N)nccn12. The summed E-state index contributed by atoms with van der Waals surface area (Å²) in [5.74, 6) is 1.86. The maximum Gasteiger partial charge on any atom is 0.154 e. The Kier molecular flexibility index (Phi) is 4.13. The van der Waals surface area contributed by atoms with Crippen LogP contribution in [-0.2, 0) is 6.54 Å². The summed E-state index contributed by atoms with van der Waals surface area (Å²) in [5, 5.41) is 5.20. The summed E-state index contributed by atoms with van der Waals surface area (Å²) < 4.78 is 4.19. The second kappa shape index (κ2) is 6.80. The topological polar surface area (TPSA) is 77.3 Å². The van der Waals surface area contributed by atoms with Crippen molar-refractivity contribution >= 4 is 22.9 Å². The van der Waals surface area contributed by atoms with Crippen LogP contribution >= 0.6 is 11.6 Å². The Morgan fingerprint density at radius 3 is 2.77 bits per heavy atom. The zero-order chi connectivity index (χ0) is 21.2. The van der Waals surface area contributed by atoms with Gasteiger partial charge < -0.3 is 10.6 Å². The molecule has 158 valence electrons. The molecule has 4 aromatic rings. The fraction of sp³-hybridized carbons (Fsp3) is 0.348. The lowest BCUT2D eigenvalue weighted by Gasteiger charge is -2.41. The van der Waals surface area contributed by atoms with Crippen molar-refractivity contribution in [3.05, 3.63) is 65.3 Å². The first kappa shape index (κ1) is 18.8. The van der Waals surface area contributed by atoms with Crippen molar-refractivity contribution < 1.29 is 0 Å². The molecule has 0 aliphatic carbocycles. The molecule has 2 aliphatic heterocycles. The van der Waals surface area contributed by atoms with Crippen LogP contribution in [0.1, 0.15) is 30.1 Å². The number of hydrogen-bond donors (Lipinski definition) is 1. The highest BCUT2D eigenvalue weighted by Crippen LogP contribution is 2.48. The van der Waals surface area contributed by atoms with Crippen LogP contribution in [0.3, 0.4) is 0 Å². The Morgan fingerprint density at radius 1 is 1.13 bits per heavy atom. The second-order valence-electron chi connectivity index (χ2n) is 8.74. The highest BCUT2D eigenvalue weighted by molar-refractivity contribution is 6.31. The van der Waals surface area contributed by atoms with Crippen molar-refractivity contribution in [1.29, 1.82) is 0 Å². The van der Waals surface area contributed by atoms with E-state index < -0.39 is 0 Å². The Labute approximate surface area is 185 Å². The summed E-state index contributed by atoms with van der Waals surface area (Å²) in [5.41, 5.74) is 11.0. The number of benzene rings is 1. The molecule has 0 saturated carbocycles. The molecule has 7 nitrogen and oxygen atoms in total. The van der Waals surface area contributed by atoms with Crippen molar-refractivity contribution in [1.82, 2.24) is 24.1 Å². The van der Waals surface area contributed by atoms with Gasteiger partial charge in [0, 0.05) is 54.2 Å². The van der Waals surface area contributed by atoms with Crippen molar-refractivity contribution in [2.75, 3.05) is 18.0 Å². The normalized spacial score (nSPS) is 20.0. The summed E-state index contributed by atoms with van der Waals surface area (Å²) in [6, 6.07) is 8.04. The summed E-state index contributed by atoms with van der Waals surface area (Å²) >= 11 is 6.36. The van der Waals surface area contributed by atoms with E-state index in [0.29, 0.717) is 0 Å². The zero-order valence-corrected chi connectivity index (χ0v) is 18.1. The molecule has 3 aromatic heterocycles. The minimum Gasteiger partial charge on any atom is -0.355 e. The minimum atomic E-state index is 0.0493. The number of nitrogens with two attached hydrogens (primary N) is 1. The van der Waals surface area contributed by atoms with E-state index in [1.165, 1.54) is 0 Å². The number of anilines is 1. The molecule has 5 heterocycles. The van der Waals surface area contributed by atoms with E-state index in [0.717, 1.165) is 71.5 Å². The summed E-state index contributed by atoms with van der Waals surface area (Å²) in [4.78, 5) is 11.8. The molecule has 6 rings (SSSR count). The van der Waals surface area contributed by atoms with Gasteiger partial charge in [-0.1, -0.05) is 23.7 Å². The third kappa shape index (κ3) is 2.73. The summed E-state index contributed by atoms with van der Waals surface area (Å²) in [6.07, 6.45) is 9.64. The Bertz CT molecular complexity index is 1280. The highest BCUT2D eigenvalue weighted by atomic mass is 35.5. The number of aromatic nitrogens is 5. The van der Waals surface area contributed by atoms with Gasteiger partial charge in [0.2, 0.25) is 0 Å². The quantitative estimate of drug-likeness (QED) is 0.519. The highest BCUT2D eigenvalue weighted by Gasteiger charge is 2.47. The number of rotatable bonds is 2. The van der Waals surface area contributed by atoms with Gasteiger partial charge in [-0.25, -0.2) is 9.97 Å². The van der Waals surface area contributed by atoms with Gasteiger partial charge in [-0.05, 0) is 37.5 Å². The van der Waals surface area contributed by atoms with Gasteiger partial charge in [0.25, 0.3) is 0 Å². The third-order valence-corrected chi connectivity index (χ3v) is 7.61. The lowest BCUT2D eigenvalue weighted by Crippen LogP contribution is -2.45. The molecule has 8 heteroatoms. The van der Waals surface area contributed by atoms with Gasteiger partial charge in [-0.3, -0.25) is 9.08 Å². The summed E-state index contributed by atoms with van der Waals surface area (Å²) in [7, 11) is 0. The molecule has 0 bridgehead atoms. The van der Waals surface area contributed by atoms with Gasteiger partial charge >= 0.3 is 0 Å². The number of nitrogens with zero attached hydrogens (tertiary/aromatic N) is 6. The van der Waals surface area contributed by atoms with E-state index in [9.17, 15) is 0 Å². The number of halogens is 1. The summed E-state index contributed by atoms with van der Waals surface area (Å²) in [6.45, 7) is 4.78.